The third kappa shape index (κ3) is 2.01. The molecule has 3 aliphatic heterocycles. The molecule has 132 valence electrons. The average Bonchev–Trinajstić information content (AvgIpc) is 3.32. The molecular formula is C15H21N3O6. The second-order valence-corrected chi connectivity index (χ2v) is 8.18. The van der Waals surface area contributed by atoms with Gasteiger partial charge in [-0.25, -0.2) is 28.1 Å². The van der Waals surface area contributed by atoms with Gasteiger partial charge in [0.1, 0.15) is 16.8 Å². The van der Waals surface area contributed by atoms with Gasteiger partial charge in [-0.15, -0.1) is 0 Å². The normalized spacial score (nSPS) is 34.0. The van der Waals surface area contributed by atoms with Gasteiger partial charge in [0.15, 0.2) is 18.7 Å². The van der Waals surface area contributed by atoms with Crippen molar-refractivity contribution < 1.29 is 14.2 Å². The van der Waals surface area contributed by atoms with Crippen molar-refractivity contribution in [3.63, 3.8) is 0 Å². The van der Waals surface area contributed by atoms with Gasteiger partial charge in [0.05, 0.1) is 0 Å². The predicted molar refractivity (Wildman–Crippen MR) is 81.8 cm³/mol. The summed E-state index contributed by atoms with van der Waals surface area (Å²) in [5, 5.41) is 0. The van der Waals surface area contributed by atoms with E-state index >= 15 is 0 Å². The zero-order chi connectivity index (χ0) is 17.8. The highest BCUT2D eigenvalue weighted by atomic mass is 16.6. The summed E-state index contributed by atoms with van der Waals surface area (Å²) in [7, 11) is 0. The zero-order valence-corrected chi connectivity index (χ0v) is 14.5. The number of ether oxygens (including phenoxy) is 3. The first-order chi connectivity index (χ1) is 10.9. The van der Waals surface area contributed by atoms with Crippen LogP contribution in [0.25, 0.3) is 0 Å². The predicted octanol–water partition coefficient (Wildman–Crippen LogP) is 0.0939. The molecule has 9 nitrogen and oxygen atoms in total. The van der Waals surface area contributed by atoms with Crippen LogP contribution in [0.4, 0.5) is 0 Å². The molecule has 24 heavy (non-hydrogen) atoms. The Kier molecular flexibility index (Phi) is 2.69. The van der Waals surface area contributed by atoms with E-state index in [-0.39, 0.29) is 0 Å². The molecule has 9 heteroatoms. The largest absolute Gasteiger partial charge is 0.344 e. The summed E-state index contributed by atoms with van der Waals surface area (Å²) in [6.45, 7) is 10.7. The Bertz CT molecular complexity index is 769. The first kappa shape index (κ1) is 15.8. The number of hydrogen-bond acceptors (Lipinski definition) is 6. The topological polar surface area (TPSA) is 104 Å². The van der Waals surface area contributed by atoms with E-state index in [0.717, 1.165) is 13.7 Å². The summed E-state index contributed by atoms with van der Waals surface area (Å²) in [4.78, 5) is 38.5. The van der Waals surface area contributed by atoms with Crippen molar-refractivity contribution in [2.45, 2.75) is 77.0 Å². The number of rotatable bonds is 3. The molecule has 3 unspecified atom stereocenters. The lowest BCUT2D eigenvalue weighted by molar-refractivity contribution is 0.252. The van der Waals surface area contributed by atoms with Crippen LogP contribution in [-0.4, -0.2) is 30.5 Å². The lowest BCUT2D eigenvalue weighted by atomic mass is 10.2. The van der Waals surface area contributed by atoms with Gasteiger partial charge >= 0.3 is 17.1 Å². The molecule has 0 radical (unpaired) electrons. The molecule has 3 fully saturated rings. The quantitative estimate of drug-likeness (QED) is 0.723. The third-order valence-corrected chi connectivity index (χ3v) is 4.80. The highest BCUT2D eigenvalue weighted by molar-refractivity contribution is 5.02. The van der Waals surface area contributed by atoms with Gasteiger partial charge < -0.3 is 14.2 Å². The van der Waals surface area contributed by atoms with Gasteiger partial charge in [-0.2, -0.15) is 0 Å². The summed E-state index contributed by atoms with van der Waals surface area (Å²) < 4.78 is 19.3. The Morgan fingerprint density at radius 3 is 0.875 bits per heavy atom. The number of aromatic nitrogens is 3. The van der Waals surface area contributed by atoms with Gasteiger partial charge in [-0.1, -0.05) is 0 Å². The molecule has 1 aromatic heterocycles. The van der Waals surface area contributed by atoms with Crippen molar-refractivity contribution in [2.24, 2.45) is 0 Å². The van der Waals surface area contributed by atoms with E-state index in [1.54, 1.807) is 41.5 Å². The minimum atomic E-state index is -0.717. The van der Waals surface area contributed by atoms with Gasteiger partial charge in [0.25, 0.3) is 0 Å². The first-order valence-electron chi connectivity index (χ1n) is 7.91. The number of nitrogens with zero attached hydrogens (tertiary/aromatic N) is 3. The van der Waals surface area contributed by atoms with Crippen molar-refractivity contribution in [1.82, 2.24) is 13.7 Å². The van der Waals surface area contributed by atoms with E-state index in [1.165, 1.54) is 0 Å². The van der Waals surface area contributed by atoms with Crippen LogP contribution in [0.5, 0.6) is 0 Å². The van der Waals surface area contributed by atoms with Crippen molar-refractivity contribution in [3.05, 3.63) is 31.5 Å². The Morgan fingerprint density at radius 1 is 0.583 bits per heavy atom. The standard InChI is InChI=1S/C15H21N3O6/c1-13(2)7(22-13)16-10(19)17(8-14(3,4)23-8)12(21)18(11(16)20)9-15(5,6)24-9/h7-9H,1-6H3. The number of hydrogen-bond donors (Lipinski definition) is 0. The Morgan fingerprint density at radius 2 is 0.750 bits per heavy atom. The van der Waals surface area contributed by atoms with E-state index in [4.69, 9.17) is 14.2 Å². The van der Waals surface area contributed by atoms with Crippen LogP contribution in [0.1, 0.15) is 60.2 Å². The van der Waals surface area contributed by atoms with Gasteiger partial charge in [0.2, 0.25) is 0 Å². The van der Waals surface area contributed by atoms with Crippen LogP contribution in [0.3, 0.4) is 0 Å². The Balaban J connectivity index is 1.97. The molecule has 0 saturated carbocycles. The first-order valence-corrected chi connectivity index (χ1v) is 7.91. The maximum atomic E-state index is 12.8. The SMILES string of the molecule is CC1(C)OC1n1c(=O)n(C2OC2(C)C)c(=O)n(C2OC2(C)C)c1=O. The monoisotopic (exact) mass is 339 g/mol. The molecule has 3 saturated heterocycles. The minimum Gasteiger partial charge on any atom is -0.344 e. The maximum absolute atomic E-state index is 12.8. The number of epoxide rings is 3. The highest BCUT2D eigenvalue weighted by Gasteiger charge is 2.57. The zero-order valence-electron chi connectivity index (χ0n) is 14.5. The molecule has 3 aliphatic rings. The second-order valence-electron chi connectivity index (χ2n) is 8.18. The van der Waals surface area contributed by atoms with Gasteiger partial charge in [0, 0.05) is 0 Å². The van der Waals surface area contributed by atoms with Crippen molar-refractivity contribution >= 4 is 0 Å². The van der Waals surface area contributed by atoms with Crippen molar-refractivity contribution in [3.8, 4) is 0 Å². The summed E-state index contributed by atoms with van der Waals surface area (Å²) in [5.74, 6) is 0. The second kappa shape index (κ2) is 4.09. The molecule has 0 N–H and O–H groups in total. The van der Waals surface area contributed by atoms with Crippen molar-refractivity contribution in [2.75, 3.05) is 0 Å². The average molecular weight is 339 g/mol. The van der Waals surface area contributed by atoms with E-state index in [0.29, 0.717) is 0 Å². The molecule has 0 bridgehead atoms. The Hall–Kier alpha value is -1.71. The fourth-order valence-electron chi connectivity index (χ4n) is 3.05. The minimum absolute atomic E-state index is 0.636. The summed E-state index contributed by atoms with van der Waals surface area (Å²) in [6, 6.07) is 0. The molecule has 0 spiro atoms. The summed E-state index contributed by atoms with van der Waals surface area (Å²) in [5.41, 5.74) is -4.06. The Labute approximate surface area is 137 Å². The lowest BCUT2D eigenvalue weighted by Gasteiger charge is -2.12. The molecule has 3 atom stereocenters. The van der Waals surface area contributed by atoms with E-state index in [9.17, 15) is 14.4 Å². The van der Waals surface area contributed by atoms with Crippen LogP contribution in [0.2, 0.25) is 0 Å². The molecule has 0 amide bonds. The molecule has 0 aliphatic carbocycles. The third-order valence-electron chi connectivity index (χ3n) is 4.80. The molecular weight excluding hydrogens is 318 g/mol. The molecule has 4 heterocycles. The highest BCUT2D eigenvalue weighted by Crippen LogP contribution is 2.46. The fourth-order valence-corrected chi connectivity index (χ4v) is 3.05. The fraction of sp³-hybridized carbons (Fsp3) is 0.800. The smallest absolute Gasteiger partial charge is 0.340 e. The summed E-state index contributed by atoms with van der Waals surface area (Å²) >= 11 is 0. The maximum Gasteiger partial charge on any atom is 0.340 e. The van der Waals surface area contributed by atoms with Crippen LogP contribution >= 0.6 is 0 Å². The molecule has 0 aromatic carbocycles. The van der Waals surface area contributed by atoms with Crippen LogP contribution in [-0.2, 0) is 14.2 Å². The van der Waals surface area contributed by atoms with Crippen LogP contribution in [0, 0.1) is 0 Å². The van der Waals surface area contributed by atoms with Crippen LogP contribution in [0.15, 0.2) is 14.4 Å². The van der Waals surface area contributed by atoms with Gasteiger partial charge in [-0.3, -0.25) is 0 Å². The van der Waals surface area contributed by atoms with E-state index < -0.39 is 52.6 Å². The van der Waals surface area contributed by atoms with Crippen molar-refractivity contribution in [1.29, 1.82) is 0 Å². The van der Waals surface area contributed by atoms with E-state index in [1.807, 2.05) is 0 Å². The van der Waals surface area contributed by atoms with Crippen LogP contribution < -0.4 is 17.1 Å². The molecule has 1 aromatic rings. The van der Waals surface area contributed by atoms with E-state index in [2.05, 4.69) is 0 Å². The summed E-state index contributed by atoms with van der Waals surface area (Å²) in [6.07, 6.45) is -2.13. The molecule has 4 rings (SSSR count). The van der Waals surface area contributed by atoms with Gasteiger partial charge in [-0.05, 0) is 41.5 Å². The lowest BCUT2D eigenvalue weighted by Crippen LogP contribution is -2.55.